The molecule has 4 rings (SSSR count). The summed E-state index contributed by atoms with van der Waals surface area (Å²) >= 11 is 0.775. The van der Waals surface area contributed by atoms with Crippen molar-refractivity contribution in [2.45, 2.75) is 45.7 Å². The second-order valence-corrected chi connectivity index (χ2v) is 10.5. The molecule has 196 valence electrons. The van der Waals surface area contributed by atoms with Crippen molar-refractivity contribution in [3.63, 3.8) is 0 Å². The molecule has 3 amide bonds. The molecule has 2 aromatic carbocycles. The molecular formula is C28H30N6O3S. The molecule has 0 radical (unpaired) electrons. The summed E-state index contributed by atoms with van der Waals surface area (Å²) in [7, 11) is 0. The third kappa shape index (κ3) is 5.35. The zero-order valence-corrected chi connectivity index (χ0v) is 22.5. The molecule has 0 aliphatic rings. The lowest BCUT2D eigenvalue weighted by Crippen LogP contribution is -2.50. The van der Waals surface area contributed by atoms with Crippen molar-refractivity contribution in [2.75, 3.05) is 10.6 Å². The highest BCUT2D eigenvalue weighted by Gasteiger charge is 2.37. The molecular weight excluding hydrogens is 500 g/mol. The molecule has 2 heterocycles. The Labute approximate surface area is 225 Å². The predicted molar refractivity (Wildman–Crippen MR) is 150 cm³/mol. The van der Waals surface area contributed by atoms with E-state index in [-0.39, 0.29) is 22.2 Å². The third-order valence-corrected chi connectivity index (χ3v) is 7.33. The minimum Gasteiger partial charge on any atom is -0.395 e. The van der Waals surface area contributed by atoms with Crippen molar-refractivity contribution in [3.8, 4) is 0 Å². The molecule has 0 unspecified atom stereocenters. The number of benzene rings is 2. The van der Waals surface area contributed by atoms with Crippen molar-refractivity contribution >= 4 is 51.5 Å². The van der Waals surface area contributed by atoms with Gasteiger partial charge in [0, 0.05) is 22.8 Å². The molecule has 0 fully saturated rings. The fourth-order valence-corrected chi connectivity index (χ4v) is 4.74. The maximum Gasteiger partial charge on any atom is 0.273 e. The van der Waals surface area contributed by atoms with Crippen LogP contribution in [0.5, 0.6) is 0 Å². The lowest BCUT2D eigenvalue weighted by atomic mass is 9.97. The SMILES string of the molecule is CCC(C)(C)NC(=O)[C@@H](c1ccc2ncccc2c1)N(C(=O)c1snc(C(N)=O)c1N)c1ccc(C)cc1. The molecule has 2 aromatic heterocycles. The number of anilines is 2. The van der Waals surface area contributed by atoms with Crippen molar-refractivity contribution in [1.29, 1.82) is 0 Å². The normalized spacial score (nSPS) is 12.2. The number of hydrogen-bond donors (Lipinski definition) is 3. The predicted octanol–water partition coefficient (Wildman–Crippen LogP) is 4.37. The maximum atomic E-state index is 14.2. The summed E-state index contributed by atoms with van der Waals surface area (Å²) in [6.45, 7) is 7.75. The lowest BCUT2D eigenvalue weighted by molar-refractivity contribution is -0.124. The zero-order chi connectivity index (χ0) is 27.6. The molecule has 0 aliphatic heterocycles. The van der Waals surface area contributed by atoms with Crippen LogP contribution >= 0.6 is 11.5 Å². The first-order valence-electron chi connectivity index (χ1n) is 12.1. The monoisotopic (exact) mass is 530 g/mol. The van der Waals surface area contributed by atoms with E-state index in [1.165, 1.54) is 4.90 Å². The summed E-state index contributed by atoms with van der Waals surface area (Å²) in [5, 5.41) is 3.91. The van der Waals surface area contributed by atoms with E-state index in [2.05, 4.69) is 14.7 Å². The number of nitrogens with two attached hydrogens (primary N) is 2. The van der Waals surface area contributed by atoms with Crippen LogP contribution in [0.3, 0.4) is 0 Å². The first-order chi connectivity index (χ1) is 18.0. The van der Waals surface area contributed by atoms with Crippen molar-refractivity contribution in [1.82, 2.24) is 14.7 Å². The van der Waals surface area contributed by atoms with Crippen LogP contribution in [0.2, 0.25) is 0 Å². The highest BCUT2D eigenvalue weighted by Crippen LogP contribution is 2.34. The number of nitrogens with one attached hydrogen (secondary N) is 1. The van der Waals surface area contributed by atoms with Crippen molar-refractivity contribution in [2.24, 2.45) is 5.73 Å². The molecule has 9 nitrogen and oxygen atoms in total. The van der Waals surface area contributed by atoms with Gasteiger partial charge in [-0.1, -0.05) is 36.8 Å². The molecule has 0 saturated carbocycles. The molecule has 0 saturated heterocycles. The van der Waals surface area contributed by atoms with E-state index in [1.54, 1.807) is 24.4 Å². The van der Waals surface area contributed by atoms with Crippen LogP contribution in [0.15, 0.2) is 60.8 Å². The molecule has 38 heavy (non-hydrogen) atoms. The van der Waals surface area contributed by atoms with E-state index in [9.17, 15) is 14.4 Å². The van der Waals surface area contributed by atoms with Gasteiger partial charge in [0.2, 0.25) is 5.91 Å². The molecule has 4 aromatic rings. The van der Waals surface area contributed by atoms with Gasteiger partial charge in [0.25, 0.3) is 11.8 Å². The summed E-state index contributed by atoms with van der Waals surface area (Å²) in [6.07, 6.45) is 2.37. The summed E-state index contributed by atoms with van der Waals surface area (Å²) in [5.74, 6) is -1.77. The number of amides is 3. The second kappa shape index (κ2) is 10.6. The Bertz CT molecular complexity index is 1510. The van der Waals surface area contributed by atoms with Crippen LogP contribution in [0.1, 0.15) is 64.5 Å². The van der Waals surface area contributed by atoms with Gasteiger partial charge in [0.1, 0.15) is 10.9 Å². The van der Waals surface area contributed by atoms with E-state index in [0.717, 1.165) is 28.0 Å². The molecule has 5 N–H and O–H groups in total. The Balaban J connectivity index is 1.94. The number of aryl methyl sites for hydroxylation is 1. The number of aromatic nitrogens is 2. The third-order valence-electron chi connectivity index (χ3n) is 6.48. The number of primary amides is 1. The summed E-state index contributed by atoms with van der Waals surface area (Å²) in [4.78, 5) is 45.8. The minimum atomic E-state index is -1.07. The number of fused-ring (bicyclic) bond motifs is 1. The van der Waals surface area contributed by atoms with E-state index < -0.39 is 23.4 Å². The number of nitrogen functional groups attached to an aromatic ring is 1. The molecule has 0 bridgehead atoms. The standard InChI is InChI=1S/C28H30N6O3S/c1-5-28(3,4)32-26(36)23(18-10-13-20-17(15-18)7-6-14-31-20)34(19-11-8-16(2)9-12-19)27(37)24-21(29)22(25(30)35)33-38-24/h6-15,23H,5,29H2,1-4H3,(H2,30,35)(H,32,36)/t23-/m1/s1. The topological polar surface area (TPSA) is 144 Å². The van der Waals surface area contributed by atoms with Gasteiger partial charge < -0.3 is 16.8 Å². The van der Waals surface area contributed by atoms with Gasteiger partial charge in [-0.05, 0) is 74.6 Å². The maximum absolute atomic E-state index is 14.2. The fraction of sp³-hybridized carbons (Fsp3) is 0.250. The Morgan fingerprint density at radius 2 is 1.82 bits per heavy atom. The quantitative estimate of drug-likeness (QED) is 0.308. The van der Waals surface area contributed by atoms with E-state index in [0.29, 0.717) is 17.7 Å². The summed E-state index contributed by atoms with van der Waals surface area (Å²) in [5.41, 5.74) is 13.5. The van der Waals surface area contributed by atoms with Crippen LogP contribution in [0, 0.1) is 6.92 Å². The summed E-state index contributed by atoms with van der Waals surface area (Å²) < 4.78 is 4.00. The number of pyridine rings is 1. The van der Waals surface area contributed by atoms with Crippen LogP contribution < -0.4 is 21.7 Å². The number of nitrogens with zero attached hydrogens (tertiary/aromatic N) is 3. The lowest BCUT2D eigenvalue weighted by Gasteiger charge is -2.34. The Kier molecular flexibility index (Phi) is 7.45. The minimum absolute atomic E-state index is 0.0226. The van der Waals surface area contributed by atoms with E-state index in [1.807, 2.05) is 64.1 Å². The first kappa shape index (κ1) is 26.7. The first-order valence-corrected chi connectivity index (χ1v) is 12.9. The van der Waals surface area contributed by atoms with Crippen LogP contribution in [-0.2, 0) is 4.79 Å². The highest BCUT2D eigenvalue weighted by molar-refractivity contribution is 7.09. The van der Waals surface area contributed by atoms with Crippen LogP contribution in [0.4, 0.5) is 11.4 Å². The zero-order valence-electron chi connectivity index (χ0n) is 21.7. The smallest absolute Gasteiger partial charge is 0.273 e. The van der Waals surface area contributed by atoms with Gasteiger partial charge in [-0.15, -0.1) is 0 Å². The van der Waals surface area contributed by atoms with Gasteiger partial charge >= 0.3 is 0 Å². The van der Waals surface area contributed by atoms with E-state index in [4.69, 9.17) is 11.5 Å². The molecule has 1 atom stereocenters. The largest absolute Gasteiger partial charge is 0.395 e. The second-order valence-electron chi connectivity index (χ2n) is 9.73. The Morgan fingerprint density at radius 3 is 2.45 bits per heavy atom. The number of rotatable bonds is 8. The number of hydrogen-bond acceptors (Lipinski definition) is 7. The average Bonchev–Trinajstić information content (AvgIpc) is 3.28. The molecule has 0 aliphatic carbocycles. The molecule has 0 spiro atoms. The average molecular weight is 531 g/mol. The van der Waals surface area contributed by atoms with Crippen LogP contribution in [-0.4, -0.2) is 32.6 Å². The van der Waals surface area contributed by atoms with Crippen LogP contribution in [0.25, 0.3) is 10.9 Å². The van der Waals surface area contributed by atoms with Gasteiger partial charge in [0.05, 0.1) is 11.2 Å². The highest BCUT2D eigenvalue weighted by atomic mass is 32.1. The van der Waals surface area contributed by atoms with Gasteiger partial charge in [-0.25, -0.2) is 0 Å². The van der Waals surface area contributed by atoms with Gasteiger partial charge in [-0.3, -0.25) is 24.3 Å². The number of carbonyl (C=O) groups is 3. The Morgan fingerprint density at radius 1 is 1.11 bits per heavy atom. The van der Waals surface area contributed by atoms with Gasteiger partial charge in [0.15, 0.2) is 5.69 Å². The van der Waals surface area contributed by atoms with Crippen molar-refractivity contribution < 1.29 is 14.4 Å². The van der Waals surface area contributed by atoms with Gasteiger partial charge in [-0.2, -0.15) is 4.37 Å². The Hall–Kier alpha value is -4.31. The summed E-state index contributed by atoms with van der Waals surface area (Å²) in [6, 6.07) is 15.4. The fourth-order valence-electron chi connectivity index (χ4n) is 4.00. The number of carbonyl (C=O) groups excluding carboxylic acids is 3. The molecule has 10 heteroatoms. The van der Waals surface area contributed by atoms with E-state index >= 15 is 0 Å². The van der Waals surface area contributed by atoms with Crippen molar-refractivity contribution in [3.05, 3.63) is 82.5 Å².